The van der Waals surface area contributed by atoms with E-state index in [1.54, 1.807) is 0 Å². The quantitative estimate of drug-likeness (QED) is 0.233. The lowest BCUT2D eigenvalue weighted by molar-refractivity contribution is 0.492. The highest BCUT2D eigenvalue weighted by Crippen LogP contribution is 2.20. The van der Waals surface area contributed by atoms with E-state index in [9.17, 15) is 0 Å². The molecule has 0 aliphatic heterocycles. The van der Waals surface area contributed by atoms with E-state index in [4.69, 9.17) is 0 Å². The fourth-order valence-electron chi connectivity index (χ4n) is 2.45. The zero-order chi connectivity index (χ0) is 15.8. The van der Waals surface area contributed by atoms with Crippen LogP contribution in [0.2, 0.25) is 0 Å². The largest absolute Gasteiger partial charge is 0.249 e. The fourth-order valence-corrected chi connectivity index (χ4v) is 2.45. The molecule has 0 bridgehead atoms. The van der Waals surface area contributed by atoms with Crippen molar-refractivity contribution in [1.82, 2.24) is 0 Å². The van der Waals surface area contributed by atoms with Crippen LogP contribution in [-0.2, 0) is 0 Å². The average Bonchev–Trinajstić information content (AvgIpc) is 2.50. The van der Waals surface area contributed by atoms with Gasteiger partial charge in [0.25, 0.3) is 0 Å². The number of unbranched alkanes of at least 4 members (excludes halogenated alkanes) is 6. The Bertz CT molecular complexity index is 306. The van der Waals surface area contributed by atoms with Gasteiger partial charge in [0.05, 0.1) is 0 Å². The van der Waals surface area contributed by atoms with Gasteiger partial charge in [0.2, 0.25) is 0 Å². The highest BCUT2D eigenvalue weighted by Gasteiger charge is 2.14. The summed E-state index contributed by atoms with van der Waals surface area (Å²) in [5, 5.41) is 0. The highest BCUT2D eigenvalue weighted by atomic mass is 14.9. The molecule has 0 aromatic rings. The zero-order valence-corrected chi connectivity index (χ0v) is 14.1. The van der Waals surface area contributed by atoms with E-state index < -0.39 is 0 Å². The van der Waals surface area contributed by atoms with Crippen molar-refractivity contribution in [3.63, 3.8) is 0 Å². The molecule has 21 heavy (non-hydrogen) atoms. The molecule has 0 fully saturated rings. The Kier molecular flexibility index (Phi) is 14.2. The van der Waals surface area contributed by atoms with Gasteiger partial charge in [-0.15, -0.1) is 0 Å². The number of hydrogen-bond donors (Lipinski definition) is 0. The smallest absolute Gasteiger partial charge is 0.132 e. The van der Waals surface area contributed by atoms with Gasteiger partial charge in [0.15, 0.2) is 0 Å². The molecule has 0 aliphatic carbocycles. The van der Waals surface area contributed by atoms with Crippen molar-refractivity contribution < 1.29 is 0 Å². The maximum absolute atomic E-state index is 4.35. The van der Waals surface area contributed by atoms with Crippen LogP contribution in [0.15, 0.2) is 27.8 Å². The summed E-state index contributed by atoms with van der Waals surface area (Å²) in [6.45, 7) is 11.7. The first-order valence-corrected chi connectivity index (χ1v) is 8.47. The molecule has 0 N–H and O–H groups in total. The fraction of sp³-hybridized carbons (Fsp3) is 0.722. The molecule has 3 nitrogen and oxygen atoms in total. The van der Waals surface area contributed by atoms with Gasteiger partial charge in [-0.25, -0.2) is 15.0 Å². The Morgan fingerprint density at radius 1 is 0.952 bits per heavy atom. The summed E-state index contributed by atoms with van der Waals surface area (Å²) in [4.78, 5) is 12.4. The predicted octanol–water partition coefficient (Wildman–Crippen LogP) is 5.81. The summed E-state index contributed by atoms with van der Waals surface area (Å²) < 4.78 is 0. The number of hydrogen-bond acceptors (Lipinski definition) is 1. The van der Waals surface area contributed by atoms with Crippen LogP contribution >= 0.6 is 0 Å². The van der Waals surface area contributed by atoms with Gasteiger partial charge >= 0.3 is 0 Å². The Morgan fingerprint density at radius 3 is 1.95 bits per heavy atom. The Balaban J connectivity index is 4.49. The van der Waals surface area contributed by atoms with Crippen LogP contribution in [0.5, 0.6) is 0 Å². The van der Waals surface area contributed by atoms with Crippen LogP contribution in [0.3, 0.4) is 0 Å². The molecule has 0 radical (unpaired) electrons. The van der Waals surface area contributed by atoms with Gasteiger partial charge in [-0.2, -0.15) is 0 Å². The van der Waals surface area contributed by atoms with Gasteiger partial charge in [-0.1, -0.05) is 71.8 Å². The normalized spacial score (nSPS) is 12.2. The molecular formula is C18H33N3. The summed E-state index contributed by atoms with van der Waals surface area (Å²) >= 11 is 0. The lowest BCUT2D eigenvalue weighted by Gasteiger charge is -2.16. The maximum Gasteiger partial charge on any atom is 0.132 e. The van der Waals surface area contributed by atoms with Crippen molar-refractivity contribution in [2.45, 2.75) is 78.1 Å². The molecule has 0 rings (SSSR count). The van der Waals surface area contributed by atoms with Gasteiger partial charge in [-0.3, -0.25) is 0 Å². The number of nitrogens with zero attached hydrogens (tertiary/aromatic N) is 3. The Hall–Kier alpha value is -1.25. The van der Waals surface area contributed by atoms with E-state index >= 15 is 0 Å². The standard InChI is InChI=1S/C18H33N3/c1-5-8-10-12-14-17(15-13-11-9-6-2)18(19-4)21-16-20-7-3/h7,16-17H,3-6,8-15H2,1-2H3/b20-16-,21-18-. The van der Waals surface area contributed by atoms with E-state index in [1.807, 2.05) is 0 Å². The van der Waals surface area contributed by atoms with Gasteiger partial charge < -0.3 is 0 Å². The molecule has 0 atom stereocenters. The predicted molar refractivity (Wildman–Crippen MR) is 96.7 cm³/mol. The summed E-state index contributed by atoms with van der Waals surface area (Å²) in [7, 11) is 0. The minimum absolute atomic E-state index is 0.424. The molecule has 0 saturated heterocycles. The first-order valence-electron chi connectivity index (χ1n) is 8.47. The molecule has 0 saturated carbocycles. The van der Waals surface area contributed by atoms with Crippen molar-refractivity contribution in [2.75, 3.05) is 0 Å². The number of rotatable bonds is 13. The van der Waals surface area contributed by atoms with E-state index in [1.165, 1.54) is 63.9 Å². The Labute approximate surface area is 131 Å². The third-order valence-electron chi connectivity index (χ3n) is 3.70. The van der Waals surface area contributed by atoms with E-state index in [-0.39, 0.29) is 0 Å². The molecular weight excluding hydrogens is 258 g/mol. The molecule has 0 amide bonds. The molecule has 0 aromatic heterocycles. The van der Waals surface area contributed by atoms with Crippen LogP contribution < -0.4 is 0 Å². The molecule has 120 valence electrons. The summed E-state index contributed by atoms with van der Waals surface area (Å²) in [5.74, 6) is 1.26. The second kappa shape index (κ2) is 15.1. The van der Waals surface area contributed by atoms with Crippen LogP contribution in [0.4, 0.5) is 0 Å². The molecule has 0 aromatic carbocycles. The average molecular weight is 291 g/mol. The SMILES string of the molecule is C=C/N=C\N=C(/N=C)C(CCCCCC)CCCCCC. The van der Waals surface area contributed by atoms with Crippen molar-refractivity contribution >= 4 is 18.9 Å². The monoisotopic (exact) mass is 291 g/mol. The van der Waals surface area contributed by atoms with E-state index in [0.29, 0.717) is 5.92 Å². The van der Waals surface area contributed by atoms with E-state index in [2.05, 4.69) is 42.1 Å². The highest BCUT2D eigenvalue weighted by molar-refractivity contribution is 5.93. The van der Waals surface area contributed by atoms with Gasteiger partial charge in [0, 0.05) is 12.1 Å². The second-order valence-corrected chi connectivity index (χ2v) is 5.49. The van der Waals surface area contributed by atoms with Crippen molar-refractivity contribution in [1.29, 1.82) is 0 Å². The summed E-state index contributed by atoms with van der Waals surface area (Å²) in [5.41, 5.74) is 0. The third kappa shape index (κ3) is 11.1. The molecule has 0 aliphatic rings. The molecule has 0 spiro atoms. The maximum atomic E-state index is 4.35. The minimum Gasteiger partial charge on any atom is -0.249 e. The van der Waals surface area contributed by atoms with Crippen LogP contribution in [0.25, 0.3) is 0 Å². The van der Waals surface area contributed by atoms with Crippen LogP contribution in [0.1, 0.15) is 78.1 Å². The first-order chi connectivity index (χ1) is 10.3. The van der Waals surface area contributed by atoms with Crippen LogP contribution in [-0.4, -0.2) is 18.9 Å². The first kappa shape index (κ1) is 19.8. The number of amidine groups is 1. The van der Waals surface area contributed by atoms with Crippen molar-refractivity contribution in [3.05, 3.63) is 12.8 Å². The summed E-state index contributed by atoms with van der Waals surface area (Å²) in [6, 6.07) is 0. The second-order valence-electron chi connectivity index (χ2n) is 5.49. The molecule has 0 heterocycles. The number of aliphatic imine (C=N–C) groups is 3. The third-order valence-corrected chi connectivity index (χ3v) is 3.70. The minimum atomic E-state index is 0.424. The van der Waals surface area contributed by atoms with Crippen molar-refractivity contribution in [3.8, 4) is 0 Å². The molecule has 3 heteroatoms. The Morgan fingerprint density at radius 2 is 1.52 bits per heavy atom. The van der Waals surface area contributed by atoms with Gasteiger partial charge in [-0.05, 0) is 19.6 Å². The zero-order valence-electron chi connectivity index (χ0n) is 14.1. The lowest BCUT2D eigenvalue weighted by atomic mass is 9.93. The topological polar surface area (TPSA) is 37.1 Å². The van der Waals surface area contributed by atoms with Gasteiger partial charge in [0.1, 0.15) is 12.2 Å². The molecule has 0 unspecified atom stereocenters. The van der Waals surface area contributed by atoms with Crippen LogP contribution in [0, 0.1) is 5.92 Å². The lowest BCUT2D eigenvalue weighted by Crippen LogP contribution is -2.13. The van der Waals surface area contributed by atoms with E-state index in [0.717, 1.165) is 18.7 Å². The summed E-state index contributed by atoms with van der Waals surface area (Å²) in [6.07, 6.45) is 15.6. The van der Waals surface area contributed by atoms with Crippen molar-refractivity contribution in [2.24, 2.45) is 20.9 Å².